The van der Waals surface area contributed by atoms with Gasteiger partial charge in [0.25, 0.3) is 0 Å². The molecule has 0 aliphatic carbocycles. The number of allylic oxidation sites excluding steroid dienone is 1. The van der Waals surface area contributed by atoms with E-state index in [1.54, 1.807) is 0 Å². The quantitative estimate of drug-likeness (QED) is 0.258. The van der Waals surface area contributed by atoms with Crippen LogP contribution in [-0.4, -0.2) is 12.6 Å². The molecule has 0 N–H and O–H groups in total. The Balaban J connectivity index is 3.19. The minimum absolute atomic E-state index is 0.360. The van der Waals surface area contributed by atoms with Crippen LogP contribution in [0, 0.1) is 0 Å². The molecule has 0 amide bonds. The molecule has 0 aromatic heterocycles. The number of unbranched alkanes of at least 4 members (excludes halogenated alkanes) is 4. The fourth-order valence-corrected chi connectivity index (χ4v) is 1.06. The summed E-state index contributed by atoms with van der Waals surface area (Å²) in [4.78, 5) is 10.6. The van der Waals surface area contributed by atoms with Crippen molar-refractivity contribution in [3.8, 4) is 0 Å². The Hall–Kier alpha value is -1.05. The van der Waals surface area contributed by atoms with Crippen molar-refractivity contribution in [1.82, 2.24) is 0 Å². The Morgan fingerprint density at radius 3 is 2.71 bits per heavy atom. The first-order chi connectivity index (χ1) is 6.81. The van der Waals surface area contributed by atoms with Crippen LogP contribution < -0.4 is 0 Å². The number of esters is 1. The van der Waals surface area contributed by atoms with Gasteiger partial charge in [-0.1, -0.05) is 44.9 Å². The molecule has 0 aromatic carbocycles. The second-order valence-electron chi connectivity index (χ2n) is 3.15. The number of carbonyl (C=O) groups is 1. The highest BCUT2D eigenvalue weighted by atomic mass is 16.5. The summed E-state index contributed by atoms with van der Waals surface area (Å²) in [6.07, 6.45) is 11.3. The van der Waals surface area contributed by atoms with Gasteiger partial charge in [-0.15, -0.1) is 0 Å². The molecular formula is C12H20O2. The van der Waals surface area contributed by atoms with Crippen LogP contribution >= 0.6 is 0 Å². The number of carbonyl (C=O) groups excluding carboxylic acids is 1. The third-order valence-corrected chi connectivity index (χ3v) is 1.88. The van der Waals surface area contributed by atoms with E-state index in [2.05, 4.69) is 19.6 Å². The molecule has 0 saturated heterocycles. The second-order valence-corrected chi connectivity index (χ2v) is 3.15. The van der Waals surface area contributed by atoms with Gasteiger partial charge in [0.1, 0.15) is 6.61 Å². The van der Waals surface area contributed by atoms with Crippen molar-refractivity contribution in [2.45, 2.75) is 39.0 Å². The zero-order valence-corrected chi connectivity index (χ0v) is 9.00. The molecule has 0 heterocycles. The van der Waals surface area contributed by atoms with Crippen molar-refractivity contribution in [2.75, 3.05) is 6.61 Å². The molecule has 2 nitrogen and oxygen atoms in total. The third-order valence-electron chi connectivity index (χ3n) is 1.88. The van der Waals surface area contributed by atoms with Gasteiger partial charge >= 0.3 is 5.97 Å². The standard InChI is InChI=1S/C12H20O2/c1-3-5-6-7-8-9-10-11-14-12(13)4-2/h4,9-10H,2-3,5-8,11H2,1H3/b10-9-. The minimum Gasteiger partial charge on any atom is -0.458 e. The summed E-state index contributed by atoms with van der Waals surface area (Å²) in [6, 6.07) is 0. The molecule has 14 heavy (non-hydrogen) atoms. The summed E-state index contributed by atoms with van der Waals surface area (Å²) < 4.78 is 4.78. The van der Waals surface area contributed by atoms with Crippen molar-refractivity contribution < 1.29 is 9.53 Å². The molecule has 0 aliphatic heterocycles. The number of hydrogen-bond acceptors (Lipinski definition) is 2. The summed E-state index contributed by atoms with van der Waals surface area (Å²) >= 11 is 0. The fraction of sp³-hybridized carbons (Fsp3) is 0.583. The maximum Gasteiger partial charge on any atom is 0.330 e. The van der Waals surface area contributed by atoms with E-state index in [0.29, 0.717) is 6.61 Å². The molecule has 0 spiro atoms. The van der Waals surface area contributed by atoms with Crippen molar-refractivity contribution in [3.63, 3.8) is 0 Å². The lowest BCUT2D eigenvalue weighted by atomic mass is 10.1. The number of hydrogen-bond donors (Lipinski definition) is 0. The largest absolute Gasteiger partial charge is 0.458 e. The highest BCUT2D eigenvalue weighted by Gasteiger charge is 1.90. The Morgan fingerprint density at radius 1 is 1.29 bits per heavy atom. The highest BCUT2D eigenvalue weighted by Crippen LogP contribution is 2.02. The van der Waals surface area contributed by atoms with Gasteiger partial charge in [0, 0.05) is 6.08 Å². The Bertz CT molecular complexity index is 183. The van der Waals surface area contributed by atoms with E-state index in [-0.39, 0.29) is 5.97 Å². The lowest BCUT2D eigenvalue weighted by molar-refractivity contribution is -0.136. The van der Waals surface area contributed by atoms with Crippen LogP contribution in [0.5, 0.6) is 0 Å². The Morgan fingerprint density at radius 2 is 2.07 bits per heavy atom. The fourth-order valence-electron chi connectivity index (χ4n) is 1.06. The van der Waals surface area contributed by atoms with Crippen LogP contribution in [0.15, 0.2) is 24.8 Å². The molecule has 0 aromatic rings. The second kappa shape index (κ2) is 10.0. The Labute approximate surface area is 86.6 Å². The molecule has 0 bridgehead atoms. The summed E-state index contributed by atoms with van der Waals surface area (Å²) in [7, 11) is 0. The number of ether oxygens (including phenoxy) is 1. The average Bonchev–Trinajstić information content (AvgIpc) is 2.21. The van der Waals surface area contributed by atoms with E-state index in [1.807, 2.05) is 6.08 Å². The van der Waals surface area contributed by atoms with Crippen LogP contribution in [0.2, 0.25) is 0 Å². The van der Waals surface area contributed by atoms with E-state index < -0.39 is 0 Å². The molecule has 80 valence electrons. The lowest BCUT2D eigenvalue weighted by Gasteiger charge is -1.96. The van der Waals surface area contributed by atoms with E-state index in [0.717, 1.165) is 6.42 Å². The lowest BCUT2D eigenvalue weighted by Crippen LogP contribution is -1.98. The summed E-state index contributed by atoms with van der Waals surface area (Å²) in [5.74, 6) is -0.361. The van der Waals surface area contributed by atoms with E-state index in [9.17, 15) is 4.79 Å². The summed E-state index contributed by atoms with van der Waals surface area (Å²) in [5, 5.41) is 0. The molecule has 0 aliphatic rings. The van der Waals surface area contributed by atoms with Crippen LogP contribution in [0.25, 0.3) is 0 Å². The maximum absolute atomic E-state index is 10.6. The minimum atomic E-state index is -0.361. The molecular weight excluding hydrogens is 176 g/mol. The molecule has 0 atom stereocenters. The van der Waals surface area contributed by atoms with E-state index in [1.165, 1.54) is 31.8 Å². The van der Waals surface area contributed by atoms with Crippen LogP contribution in [0.4, 0.5) is 0 Å². The van der Waals surface area contributed by atoms with E-state index >= 15 is 0 Å². The first-order valence-corrected chi connectivity index (χ1v) is 5.25. The molecule has 0 saturated carbocycles. The number of rotatable bonds is 8. The van der Waals surface area contributed by atoms with E-state index in [4.69, 9.17) is 4.74 Å². The monoisotopic (exact) mass is 196 g/mol. The van der Waals surface area contributed by atoms with Crippen molar-refractivity contribution >= 4 is 5.97 Å². The summed E-state index contributed by atoms with van der Waals surface area (Å²) in [5.41, 5.74) is 0. The molecule has 0 unspecified atom stereocenters. The van der Waals surface area contributed by atoms with Gasteiger partial charge in [0.2, 0.25) is 0 Å². The van der Waals surface area contributed by atoms with Gasteiger partial charge in [0.05, 0.1) is 0 Å². The summed E-state index contributed by atoms with van der Waals surface area (Å²) in [6.45, 7) is 5.87. The van der Waals surface area contributed by atoms with Gasteiger partial charge in [-0.25, -0.2) is 4.79 Å². The third kappa shape index (κ3) is 9.04. The normalized spacial score (nSPS) is 10.4. The van der Waals surface area contributed by atoms with Crippen molar-refractivity contribution in [3.05, 3.63) is 24.8 Å². The average molecular weight is 196 g/mol. The molecule has 0 rings (SSSR count). The van der Waals surface area contributed by atoms with Crippen molar-refractivity contribution in [2.24, 2.45) is 0 Å². The van der Waals surface area contributed by atoms with Crippen LogP contribution in [0.3, 0.4) is 0 Å². The Kier molecular flexibility index (Phi) is 9.28. The SMILES string of the molecule is C=CC(=O)OC/C=C\CCCCCC. The zero-order valence-electron chi connectivity index (χ0n) is 9.00. The molecule has 0 radical (unpaired) electrons. The predicted molar refractivity (Wildman–Crippen MR) is 59.1 cm³/mol. The van der Waals surface area contributed by atoms with Gasteiger partial charge in [0.15, 0.2) is 0 Å². The topological polar surface area (TPSA) is 26.3 Å². The molecule has 0 fully saturated rings. The smallest absolute Gasteiger partial charge is 0.330 e. The van der Waals surface area contributed by atoms with Gasteiger partial charge in [-0.05, 0) is 12.8 Å². The van der Waals surface area contributed by atoms with Crippen molar-refractivity contribution in [1.29, 1.82) is 0 Å². The van der Waals surface area contributed by atoms with Crippen LogP contribution in [-0.2, 0) is 9.53 Å². The van der Waals surface area contributed by atoms with Gasteiger partial charge < -0.3 is 4.74 Å². The highest BCUT2D eigenvalue weighted by molar-refractivity contribution is 5.81. The van der Waals surface area contributed by atoms with Gasteiger partial charge in [-0.2, -0.15) is 0 Å². The van der Waals surface area contributed by atoms with Crippen LogP contribution in [0.1, 0.15) is 39.0 Å². The maximum atomic E-state index is 10.6. The zero-order chi connectivity index (χ0) is 10.6. The first kappa shape index (κ1) is 12.9. The first-order valence-electron chi connectivity index (χ1n) is 5.25. The predicted octanol–water partition coefficient (Wildman–Crippen LogP) is 3.24. The van der Waals surface area contributed by atoms with Gasteiger partial charge in [-0.3, -0.25) is 0 Å². The molecule has 2 heteroatoms.